The summed E-state index contributed by atoms with van der Waals surface area (Å²) >= 11 is 4.56. The van der Waals surface area contributed by atoms with Crippen molar-refractivity contribution in [3.8, 4) is 0 Å². The van der Waals surface area contributed by atoms with Crippen LogP contribution in [0.1, 0.15) is 47.0 Å². The minimum absolute atomic E-state index is 0.213. The second kappa shape index (κ2) is 4.27. The third kappa shape index (κ3) is 3.50. The van der Waals surface area contributed by atoms with Crippen LogP contribution in [0.25, 0.3) is 0 Å². The first kappa shape index (κ1) is 10.3. The number of hydrogen-bond donors (Lipinski definition) is 1. The molecule has 0 heterocycles. The van der Waals surface area contributed by atoms with Gasteiger partial charge in [0, 0.05) is 4.75 Å². The van der Waals surface area contributed by atoms with Crippen LogP contribution in [0.2, 0.25) is 0 Å². The van der Waals surface area contributed by atoms with E-state index < -0.39 is 0 Å². The number of rotatable bonds is 4. The van der Waals surface area contributed by atoms with Gasteiger partial charge < -0.3 is 0 Å². The van der Waals surface area contributed by atoms with E-state index in [-0.39, 0.29) is 4.75 Å². The van der Waals surface area contributed by atoms with Crippen molar-refractivity contribution in [2.75, 3.05) is 0 Å². The van der Waals surface area contributed by atoms with Gasteiger partial charge in [-0.2, -0.15) is 12.6 Å². The van der Waals surface area contributed by atoms with Gasteiger partial charge in [-0.3, -0.25) is 0 Å². The summed E-state index contributed by atoms with van der Waals surface area (Å²) in [5, 5.41) is 0. The number of thiol groups is 1. The Hall–Kier alpha value is 0.350. The minimum atomic E-state index is 0.213. The molecule has 0 amide bonds. The molecule has 0 aliphatic carbocycles. The van der Waals surface area contributed by atoms with Crippen molar-refractivity contribution in [2.45, 2.75) is 51.7 Å². The van der Waals surface area contributed by atoms with Crippen LogP contribution >= 0.6 is 12.6 Å². The highest BCUT2D eigenvalue weighted by molar-refractivity contribution is 7.81. The molecular formula is C9H20S. The average molecular weight is 160 g/mol. The molecule has 0 N–H and O–H groups in total. The predicted molar refractivity (Wildman–Crippen MR) is 51.8 cm³/mol. The van der Waals surface area contributed by atoms with Gasteiger partial charge in [0.15, 0.2) is 0 Å². The van der Waals surface area contributed by atoms with Crippen molar-refractivity contribution < 1.29 is 0 Å². The quantitative estimate of drug-likeness (QED) is 0.598. The van der Waals surface area contributed by atoms with E-state index in [0.717, 1.165) is 5.92 Å². The lowest BCUT2D eigenvalue weighted by Crippen LogP contribution is -2.23. The molecule has 62 valence electrons. The predicted octanol–water partition coefficient (Wildman–Crippen LogP) is 3.52. The standard InChI is InChI=1S/C9H20S/c1-5-7-8(6-2)9(3,4)10/h8,10H,5-7H2,1-4H3. The van der Waals surface area contributed by atoms with E-state index in [1.807, 2.05) is 0 Å². The van der Waals surface area contributed by atoms with Crippen molar-refractivity contribution in [2.24, 2.45) is 5.92 Å². The molecule has 0 spiro atoms. The molecule has 0 aromatic carbocycles. The van der Waals surface area contributed by atoms with E-state index in [0.29, 0.717) is 0 Å². The molecule has 1 atom stereocenters. The van der Waals surface area contributed by atoms with Crippen molar-refractivity contribution >= 4 is 12.6 Å². The Balaban J connectivity index is 3.81. The first-order valence-corrected chi connectivity index (χ1v) is 4.69. The summed E-state index contributed by atoms with van der Waals surface area (Å²) in [5.74, 6) is 0.779. The molecule has 0 saturated heterocycles. The molecule has 0 nitrogen and oxygen atoms in total. The summed E-state index contributed by atoms with van der Waals surface area (Å²) < 4.78 is 0.213. The summed E-state index contributed by atoms with van der Waals surface area (Å²) in [4.78, 5) is 0. The van der Waals surface area contributed by atoms with Crippen LogP contribution in [0.15, 0.2) is 0 Å². The van der Waals surface area contributed by atoms with Crippen LogP contribution in [-0.4, -0.2) is 4.75 Å². The largest absolute Gasteiger partial charge is 0.173 e. The molecule has 0 aliphatic heterocycles. The van der Waals surface area contributed by atoms with Gasteiger partial charge in [0.2, 0.25) is 0 Å². The topological polar surface area (TPSA) is 0 Å². The Kier molecular flexibility index (Phi) is 4.42. The second-order valence-corrected chi connectivity index (χ2v) is 4.70. The second-order valence-electron chi connectivity index (χ2n) is 3.55. The van der Waals surface area contributed by atoms with Gasteiger partial charge in [0.25, 0.3) is 0 Å². The van der Waals surface area contributed by atoms with Gasteiger partial charge in [-0.05, 0) is 12.3 Å². The van der Waals surface area contributed by atoms with E-state index >= 15 is 0 Å². The highest BCUT2D eigenvalue weighted by Crippen LogP contribution is 2.29. The highest BCUT2D eigenvalue weighted by atomic mass is 32.1. The summed E-state index contributed by atoms with van der Waals surface area (Å²) in [6.07, 6.45) is 3.85. The maximum absolute atomic E-state index is 4.56. The first-order chi connectivity index (χ1) is 4.52. The summed E-state index contributed by atoms with van der Waals surface area (Å²) in [5.41, 5.74) is 0. The van der Waals surface area contributed by atoms with Gasteiger partial charge in [0.05, 0.1) is 0 Å². The molecule has 0 fully saturated rings. The molecular weight excluding hydrogens is 140 g/mol. The van der Waals surface area contributed by atoms with E-state index in [4.69, 9.17) is 0 Å². The fourth-order valence-corrected chi connectivity index (χ4v) is 1.72. The third-order valence-corrected chi connectivity index (χ3v) is 2.49. The lowest BCUT2D eigenvalue weighted by atomic mass is 9.88. The van der Waals surface area contributed by atoms with Crippen LogP contribution in [0.3, 0.4) is 0 Å². The molecule has 1 unspecified atom stereocenters. The van der Waals surface area contributed by atoms with Crippen molar-refractivity contribution in [3.63, 3.8) is 0 Å². The van der Waals surface area contributed by atoms with Crippen LogP contribution in [-0.2, 0) is 0 Å². The molecule has 0 saturated carbocycles. The molecule has 0 bridgehead atoms. The fraction of sp³-hybridized carbons (Fsp3) is 1.00. The average Bonchev–Trinajstić information content (AvgIpc) is 1.80. The Morgan fingerprint density at radius 2 is 1.80 bits per heavy atom. The molecule has 0 aliphatic rings. The Morgan fingerprint density at radius 3 is 1.90 bits per heavy atom. The molecule has 10 heavy (non-hydrogen) atoms. The van der Waals surface area contributed by atoms with Gasteiger partial charge in [0.1, 0.15) is 0 Å². The van der Waals surface area contributed by atoms with Gasteiger partial charge in [-0.15, -0.1) is 0 Å². The lowest BCUT2D eigenvalue weighted by molar-refractivity contribution is 0.382. The van der Waals surface area contributed by atoms with Crippen molar-refractivity contribution in [1.29, 1.82) is 0 Å². The zero-order valence-electron chi connectivity index (χ0n) is 7.65. The van der Waals surface area contributed by atoms with Crippen molar-refractivity contribution in [1.82, 2.24) is 0 Å². The normalized spacial score (nSPS) is 15.3. The summed E-state index contributed by atoms with van der Waals surface area (Å²) in [7, 11) is 0. The molecule has 0 radical (unpaired) electrons. The zero-order valence-corrected chi connectivity index (χ0v) is 8.54. The summed E-state index contributed by atoms with van der Waals surface area (Å²) in [6.45, 7) is 8.90. The SMILES string of the molecule is CCCC(CC)C(C)(C)S. The zero-order chi connectivity index (χ0) is 8.20. The van der Waals surface area contributed by atoms with E-state index in [9.17, 15) is 0 Å². The molecule has 1 heteroatoms. The smallest absolute Gasteiger partial charge is 0.0101 e. The van der Waals surface area contributed by atoms with Gasteiger partial charge >= 0.3 is 0 Å². The minimum Gasteiger partial charge on any atom is -0.173 e. The lowest BCUT2D eigenvalue weighted by Gasteiger charge is -2.28. The highest BCUT2D eigenvalue weighted by Gasteiger charge is 2.22. The Labute approximate surface area is 70.8 Å². The van der Waals surface area contributed by atoms with Gasteiger partial charge in [-0.1, -0.05) is 40.5 Å². The van der Waals surface area contributed by atoms with E-state index in [2.05, 4.69) is 40.3 Å². The van der Waals surface area contributed by atoms with Crippen LogP contribution in [0.5, 0.6) is 0 Å². The molecule has 0 aromatic rings. The first-order valence-electron chi connectivity index (χ1n) is 4.24. The fourth-order valence-electron chi connectivity index (χ4n) is 1.41. The van der Waals surface area contributed by atoms with Crippen LogP contribution in [0.4, 0.5) is 0 Å². The third-order valence-electron chi connectivity index (χ3n) is 2.13. The van der Waals surface area contributed by atoms with E-state index in [1.54, 1.807) is 0 Å². The monoisotopic (exact) mass is 160 g/mol. The van der Waals surface area contributed by atoms with Gasteiger partial charge in [-0.25, -0.2) is 0 Å². The Bertz CT molecular complexity index is 81.2. The maximum atomic E-state index is 4.56. The van der Waals surface area contributed by atoms with Crippen molar-refractivity contribution in [3.05, 3.63) is 0 Å². The Morgan fingerprint density at radius 1 is 1.30 bits per heavy atom. The number of hydrogen-bond acceptors (Lipinski definition) is 1. The van der Waals surface area contributed by atoms with Crippen LogP contribution < -0.4 is 0 Å². The summed E-state index contributed by atoms with van der Waals surface area (Å²) in [6, 6.07) is 0. The molecule has 0 rings (SSSR count). The van der Waals surface area contributed by atoms with Crippen LogP contribution in [0, 0.1) is 5.92 Å². The van der Waals surface area contributed by atoms with E-state index in [1.165, 1.54) is 19.3 Å². The maximum Gasteiger partial charge on any atom is 0.0101 e. The molecule has 0 aromatic heterocycles.